The van der Waals surface area contributed by atoms with Gasteiger partial charge in [0, 0.05) is 0 Å². The van der Waals surface area contributed by atoms with Gasteiger partial charge in [-0.25, -0.2) is 0 Å². The quantitative estimate of drug-likeness (QED) is 0.555. The van der Waals surface area contributed by atoms with Crippen LogP contribution in [0.15, 0.2) is 0 Å². The maximum Gasteiger partial charge on any atom is 0.0622 e. The van der Waals surface area contributed by atoms with Crippen LogP contribution in [0.2, 0.25) is 0 Å². The zero-order valence-electron chi connectivity index (χ0n) is 20.1. The van der Waals surface area contributed by atoms with E-state index in [2.05, 4.69) is 27.7 Å². The molecule has 4 saturated carbocycles. The molecule has 0 aliphatic heterocycles. The van der Waals surface area contributed by atoms with Crippen molar-refractivity contribution in [2.75, 3.05) is 0 Å². The van der Waals surface area contributed by atoms with E-state index in [1.165, 1.54) is 51.4 Å². The Kier molecular flexibility index (Phi) is 5.51. The number of fused-ring (bicyclic) bond motifs is 5. The second-order valence-corrected chi connectivity index (χ2v) is 13.4. The van der Waals surface area contributed by atoms with E-state index >= 15 is 0 Å². The Morgan fingerprint density at radius 1 is 0.897 bits per heavy atom. The van der Waals surface area contributed by atoms with E-state index < -0.39 is 11.2 Å². The standard InChI is InChI=1S/C27H48O2/c1-18(11-13-24(2,3)28)21-9-10-22-20-8-7-19-17-25(4,29)15-16-26(19,5)23(20)12-14-27(21,22)6/h18-23,28-29H,7-17H2,1-6H3/t18-,19-,20?,21-,22?,23?,25+,26+,27-/m1/s1. The van der Waals surface area contributed by atoms with Crippen LogP contribution in [0.5, 0.6) is 0 Å². The minimum atomic E-state index is -0.528. The van der Waals surface area contributed by atoms with Crippen molar-refractivity contribution in [2.45, 2.75) is 123 Å². The largest absolute Gasteiger partial charge is 0.390 e. The van der Waals surface area contributed by atoms with Crippen LogP contribution in [0, 0.1) is 46.3 Å². The van der Waals surface area contributed by atoms with Crippen molar-refractivity contribution in [3.63, 3.8) is 0 Å². The molecular formula is C27H48O2. The Morgan fingerprint density at radius 3 is 2.28 bits per heavy atom. The van der Waals surface area contributed by atoms with Crippen molar-refractivity contribution in [2.24, 2.45) is 46.3 Å². The Hall–Kier alpha value is -0.0800. The van der Waals surface area contributed by atoms with Gasteiger partial charge in [-0.1, -0.05) is 20.8 Å². The molecule has 0 amide bonds. The third-order valence-electron chi connectivity index (χ3n) is 10.9. The van der Waals surface area contributed by atoms with Crippen molar-refractivity contribution in [3.8, 4) is 0 Å². The van der Waals surface area contributed by atoms with E-state index in [0.29, 0.717) is 10.8 Å². The predicted molar refractivity (Wildman–Crippen MR) is 121 cm³/mol. The van der Waals surface area contributed by atoms with E-state index in [1.807, 2.05) is 13.8 Å². The van der Waals surface area contributed by atoms with Gasteiger partial charge in [-0.2, -0.15) is 0 Å². The highest BCUT2D eigenvalue weighted by Gasteiger charge is 2.61. The lowest BCUT2D eigenvalue weighted by Crippen LogP contribution is -2.55. The first-order valence-electron chi connectivity index (χ1n) is 12.8. The van der Waals surface area contributed by atoms with E-state index in [1.54, 1.807) is 0 Å². The molecule has 2 N–H and O–H groups in total. The normalized spacial score (nSPS) is 51.1. The lowest BCUT2D eigenvalue weighted by atomic mass is 9.43. The van der Waals surface area contributed by atoms with E-state index in [9.17, 15) is 10.2 Å². The zero-order valence-corrected chi connectivity index (χ0v) is 20.1. The van der Waals surface area contributed by atoms with Crippen LogP contribution in [0.4, 0.5) is 0 Å². The molecule has 2 nitrogen and oxygen atoms in total. The highest BCUT2D eigenvalue weighted by Crippen LogP contribution is 2.68. The Balaban J connectivity index is 1.49. The van der Waals surface area contributed by atoms with Crippen molar-refractivity contribution < 1.29 is 10.2 Å². The van der Waals surface area contributed by atoms with Gasteiger partial charge >= 0.3 is 0 Å². The molecule has 4 fully saturated rings. The third kappa shape index (κ3) is 3.84. The summed E-state index contributed by atoms with van der Waals surface area (Å²) in [5.74, 6) is 5.03. The summed E-state index contributed by atoms with van der Waals surface area (Å²) < 4.78 is 0. The van der Waals surface area contributed by atoms with Gasteiger partial charge in [-0.15, -0.1) is 0 Å². The summed E-state index contributed by atoms with van der Waals surface area (Å²) in [4.78, 5) is 0. The first-order valence-corrected chi connectivity index (χ1v) is 12.8. The highest BCUT2D eigenvalue weighted by molar-refractivity contribution is 5.10. The van der Waals surface area contributed by atoms with Gasteiger partial charge in [-0.05, 0) is 138 Å². The predicted octanol–water partition coefficient (Wildman–Crippen LogP) is 6.58. The van der Waals surface area contributed by atoms with Crippen molar-refractivity contribution in [1.29, 1.82) is 0 Å². The summed E-state index contributed by atoms with van der Waals surface area (Å²) in [7, 11) is 0. The van der Waals surface area contributed by atoms with Crippen LogP contribution in [0.25, 0.3) is 0 Å². The molecule has 4 rings (SSSR count). The summed E-state index contributed by atoms with van der Waals surface area (Å²) in [6.07, 6.45) is 13.8. The minimum Gasteiger partial charge on any atom is -0.390 e. The third-order valence-corrected chi connectivity index (χ3v) is 10.9. The average molecular weight is 405 g/mol. The van der Waals surface area contributed by atoms with Crippen molar-refractivity contribution in [3.05, 3.63) is 0 Å². The van der Waals surface area contributed by atoms with E-state index in [4.69, 9.17) is 0 Å². The molecule has 0 heterocycles. The first kappa shape index (κ1) is 22.1. The van der Waals surface area contributed by atoms with Crippen molar-refractivity contribution in [1.82, 2.24) is 0 Å². The molecule has 4 aliphatic rings. The monoisotopic (exact) mass is 404 g/mol. The lowest BCUT2D eigenvalue weighted by Gasteiger charge is -2.62. The topological polar surface area (TPSA) is 40.5 Å². The molecule has 2 heteroatoms. The molecule has 4 aliphatic carbocycles. The van der Waals surface area contributed by atoms with Crippen LogP contribution < -0.4 is 0 Å². The molecule has 168 valence electrons. The Morgan fingerprint density at radius 2 is 1.59 bits per heavy atom. The number of rotatable bonds is 4. The van der Waals surface area contributed by atoms with Crippen LogP contribution in [0.3, 0.4) is 0 Å². The summed E-state index contributed by atoms with van der Waals surface area (Å²) in [5.41, 5.74) is 0.0369. The molecule has 0 radical (unpaired) electrons. The fourth-order valence-corrected chi connectivity index (χ4v) is 9.19. The molecule has 3 unspecified atom stereocenters. The van der Waals surface area contributed by atoms with Gasteiger partial charge in [0.05, 0.1) is 11.2 Å². The van der Waals surface area contributed by atoms with Gasteiger partial charge in [0.25, 0.3) is 0 Å². The molecule has 0 bridgehead atoms. The molecule has 0 aromatic rings. The molecule has 0 aromatic heterocycles. The zero-order chi connectivity index (χ0) is 21.2. The van der Waals surface area contributed by atoms with Gasteiger partial charge in [-0.3, -0.25) is 0 Å². The Bertz CT molecular complexity index is 604. The molecular weight excluding hydrogens is 356 g/mol. The number of aliphatic hydroxyl groups is 2. The number of hydrogen-bond acceptors (Lipinski definition) is 2. The first-order chi connectivity index (χ1) is 13.4. The van der Waals surface area contributed by atoms with Crippen LogP contribution >= 0.6 is 0 Å². The molecule has 9 atom stereocenters. The van der Waals surface area contributed by atoms with Crippen molar-refractivity contribution >= 4 is 0 Å². The highest BCUT2D eigenvalue weighted by atomic mass is 16.3. The SMILES string of the molecule is C[C@H](CCC(C)(C)O)[C@H]1CCC2C3CC[C@@H]4C[C@@](C)(O)CC[C@]4(C)C3CC[C@@]21C. The molecule has 0 aromatic carbocycles. The van der Waals surface area contributed by atoms with E-state index in [0.717, 1.165) is 54.8 Å². The summed E-state index contributed by atoms with van der Waals surface area (Å²) in [6.45, 7) is 13.7. The smallest absolute Gasteiger partial charge is 0.0622 e. The van der Waals surface area contributed by atoms with Gasteiger partial charge in [0.1, 0.15) is 0 Å². The fraction of sp³-hybridized carbons (Fsp3) is 1.00. The van der Waals surface area contributed by atoms with Gasteiger partial charge in [0.2, 0.25) is 0 Å². The maximum absolute atomic E-state index is 10.7. The second-order valence-electron chi connectivity index (χ2n) is 13.4. The molecule has 0 spiro atoms. The summed E-state index contributed by atoms with van der Waals surface area (Å²) >= 11 is 0. The minimum absolute atomic E-state index is 0.422. The second kappa shape index (κ2) is 7.22. The summed E-state index contributed by atoms with van der Waals surface area (Å²) in [5, 5.41) is 20.9. The molecule has 0 saturated heterocycles. The van der Waals surface area contributed by atoms with Crippen LogP contribution in [-0.2, 0) is 0 Å². The number of hydrogen-bond donors (Lipinski definition) is 2. The van der Waals surface area contributed by atoms with Gasteiger partial charge in [0.15, 0.2) is 0 Å². The average Bonchev–Trinajstić information content (AvgIpc) is 2.97. The van der Waals surface area contributed by atoms with Crippen LogP contribution in [-0.4, -0.2) is 21.4 Å². The molecule has 29 heavy (non-hydrogen) atoms. The fourth-order valence-electron chi connectivity index (χ4n) is 9.19. The Labute approximate surface area is 180 Å². The van der Waals surface area contributed by atoms with Gasteiger partial charge < -0.3 is 10.2 Å². The lowest BCUT2D eigenvalue weighted by molar-refractivity contribution is -0.148. The maximum atomic E-state index is 10.7. The van der Waals surface area contributed by atoms with E-state index in [-0.39, 0.29) is 0 Å². The summed E-state index contributed by atoms with van der Waals surface area (Å²) in [6, 6.07) is 0. The van der Waals surface area contributed by atoms with Crippen LogP contribution in [0.1, 0.15) is 112 Å².